The van der Waals surface area contributed by atoms with Crippen LogP contribution in [0.2, 0.25) is 0 Å². The van der Waals surface area contributed by atoms with Gasteiger partial charge in [0.15, 0.2) is 5.78 Å². The predicted octanol–water partition coefficient (Wildman–Crippen LogP) is -5.84. The second-order valence-corrected chi connectivity index (χ2v) is 40.1. The first-order chi connectivity index (χ1) is 58.3. The maximum absolute atomic E-state index is 13.2. The van der Waals surface area contributed by atoms with Crippen LogP contribution in [0.15, 0.2) is 24.3 Å². The molecule has 0 rings (SSSR count). The van der Waals surface area contributed by atoms with Crippen molar-refractivity contribution >= 4 is 111 Å². The summed E-state index contributed by atoms with van der Waals surface area (Å²) in [6, 6.07) is 0. The first-order valence-corrected chi connectivity index (χ1v) is 47.7. The quantitative estimate of drug-likeness (QED) is 0.00380. The second kappa shape index (κ2) is 78.2. The van der Waals surface area contributed by atoms with Gasteiger partial charge in [0.05, 0.1) is 102 Å². The third-order valence-electron chi connectivity index (χ3n) is 20.4. The molecule has 38 nitrogen and oxygen atoms in total. The predicted molar refractivity (Wildman–Crippen MR) is 477 cm³/mol. The van der Waals surface area contributed by atoms with E-state index in [1.165, 1.54) is 62.9 Å². The summed E-state index contributed by atoms with van der Waals surface area (Å²) in [5, 5.41) is 32.5. The summed E-state index contributed by atoms with van der Waals surface area (Å²) in [5.74, 6) is -8.51. The van der Waals surface area contributed by atoms with Crippen LogP contribution in [0.1, 0.15) is 256 Å². The van der Waals surface area contributed by atoms with Gasteiger partial charge in [0, 0.05) is 124 Å². The van der Waals surface area contributed by atoms with Gasteiger partial charge in [-0.3, -0.25) is 57.5 Å². The zero-order chi connectivity index (χ0) is 102. The van der Waals surface area contributed by atoms with Gasteiger partial charge >= 0.3 is 148 Å². The van der Waals surface area contributed by atoms with Crippen molar-refractivity contribution in [3.8, 4) is 0 Å². The van der Waals surface area contributed by atoms with Crippen LogP contribution in [-0.2, 0) is 125 Å². The smallest absolute Gasteiger partial charge is 0.811 e. The summed E-state index contributed by atoms with van der Waals surface area (Å²) in [6.07, 6.45) is 6.49. The fourth-order valence-electron chi connectivity index (χ4n) is 10.2. The van der Waals surface area contributed by atoms with Crippen molar-refractivity contribution in [3.05, 3.63) is 24.3 Å². The van der Waals surface area contributed by atoms with Gasteiger partial charge in [-0.05, 0) is 132 Å². The number of ketones is 3. The molecular weight excluding hydrogens is 1830 g/mol. The number of Topliss-reactive ketones (excluding diaryl/α,β-unsaturated/α-hetero) is 3. The normalized spacial score (nSPS) is 13.2. The van der Waals surface area contributed by atoms with Gasteiger partial charge < -0.3 is 103 Å². The van der Waals surface area contributed by atoms with Crippen LogP contribution in [0.5, 0.6) is 0 Å². The van der Waals surface area contributed by atoms with E-state index in [-0.39, 0.29) is 291 Å². The summed E-state index contributed by atoms with van der Waals surface area (Å²) in [7, 11) is -3.98. The number of carbonyl (C=O) groups is 14. The molecule has 0 saturated heterocycles. The molecule has 0 bridgehead atoms. The molecule has 132 heavy (non-hydrogen) atoms. The Morgan fingerprint density at radius 3 is 1.28 bits per heavy atom. The van der Waals surface area contributed by atoms with E-state index in [1.54, 1.807) is 55.4 Å². The Bertz CT molecular complexity index is 3740. The van der Waals surface area contributed by atoms with Crippen LogP contribution in [0.25, 0.3) is 0 Å². The maximum atomic E-state index is 13.2. The van der Waals surface area contributed by atoms with Gasteiger partial charge in [-0.1, -0.05) is 125 Å². The van der Waals surface area contributed by atoms with Crippen LogP contribution in [-0.4, -0.2) is 262 Å². The number of carboxylic acid groups (broad SMARTS) is 2. The van der Waals surface area contributed by atoms with E-state index in [9.17, 15) is 113 Å². The number of methoxy groups -OCH3 is 3. The zero-order valence-corrected chi connectivity index (χ0v) is 96.4. The van der Waals surface area contributed by atoms with E-state index in [1.807, 2.05) is 62.3 Å². The van der Waals surface area contributed by atoms with E-state index in [2.05, 4.69) is 53.8 Å². The Labute approximate surface area is 876 Å². The Kier molecular flexibility index (Phi) is 89.6. The average molecular weight is 1990 g/mol. The van der Waals surface area contributed by atoms with Crippen LogP contribution < -0.4 is 160 Å². The molecule has 750 valence electrons. The second-order valence-electron chi connectivity index (χ2n) is 35.3. The van der Waals surface area contributed by atoms with Gasteiger partial charge in [0.2, 0.25) is 29.5 Å². The summed E-state index contributed by atoms with van der Waals surface area (Å²) >= 11 is 0. The van der Waals surface area contributed by atoms with Crippen molar-refractivity contribution in [2.24, 2.45) is 50.7 Å². The monoisotopic (exact) mass is 1990 g/mol. The molecule has 45 heteroatoms. The Hall–Kier alpha value is -3.53. The van der Waals surface area contributed by atoms with Crippen molar-refractivity contribution < 1.29 is 273 Å². The standard InChI is InChI=1S/C23H42O9.C15H32N2O4S.C14H23NO4.C12H20N2O4.C10H16O4.C9H19NO4S.C4H11O3P.4Na/c1-9-22(4,19(25)31-14-11-28-7)17-23(5,20(26)32-15-12-29-8)16-21(2,3)18(24)30-13-10-27-6;1-6-15(2,3)14(18)16-10-9-12-17(4,5)11-7-8-13-22(19,20)21;1-5-14(3,4)13(19)15-8-6-7-11(16)9-10(2)12(17)18;1-7(2)10(15)13-5-6-14-11(16)8(3)9(4)12(17)18;1-4-7(2)10(13)14-6-9(12)5-8(3)11;1-5-7(2)8(11)10-9(3,4)6-15(12,13)14;1-3-4(2)8(5,6)7;;;;/h9-17H2,1-8H3;6-13H2,1-5H3,(H-,16,18,19,20,21);2,5-9H2,1,3-4H3,(H,15,19)(H,17,18);8-9H,1,5-6H2,2-4H3,(H,13,15)(H,14,16)(H,17,18);7H,4-6H2,1-3H3;7H,5-6H2,1-4H3,(H,10,11)(H,12,13,14);4H,3H2,1-2H3,(H2,5,6,7);;;;/q;;;;;;;4*+1/p-4. The number of hydrogen-bond donors (Lipinski definition) is 6. The fraction of sp³-hybridized carbons (Fsp3) is 0.793. The van der Waals surface area contributed by atoms with Crippen molar-refractivity contribution in [1.29, 1.82) is 0 Å². The van der Waals surface area contributed by atoms with E-state index in [0.717, 1.165) is 36.8 Å². The van der Waals surface area contributed by atoms with Crippen LogP contribution >= 0.6 is 7.60 Å². The Morgan fingerprint density at radius 2 is 0.917 bits per heavy atom. The number of carboxylic acids is 2. The van der Waals surface area contributed by atoms with Crippen molar-refractivity contribution in [1.82, 2.24) is 26.6 Å². The third kappa shape index (κ3) is 80.3. The van der Waals surface area contributed by atoms with Crippen LogP contribution in [0.3, 0.4) is 0 Å². The molecule has 0 fully saturated rings. The van der Waals surface area contributed by atoms with Crippen LogP contribution in [0, 0.1) is 50.7 Å². The van der Waals surface area contributed by atoms with Gasteiger partial charge in [-0.15, -0.1) is 0 Å². The van der Waals surface area contributed by atoms with E-state index in [0.29, 0.717) is 63.6 Å². The molecule has 0 radical (unpaired) electrons. The Balaban J connectivity index is -0.000000147. The largest absolute Gasteiger partial charge is 1.00 e. The summed E-state index contributed by atoms with van der Waals surface area (Å²) in [6.45, 7) is 50.4. The number of nitrogens with zero attached hydrogens (tertiary/aromatic N) is 1. The SMILES string of the molecule is C=C(C)C(=O)NCCNC(=O)C(C)C(C)C(=O)[O-].C=C(CC(=O)CCCNC(=O)C(C)(C)CC)C(=O)O.CCC(C)(C)C(=O)NCCC[N+](C)(C)CCCCS(=O)(=O)[O-].CCC(C)(CC(C)(CC(C)(C)C(=O)OCCOC)C(=O)OCCOC)C(=O)OCCOC.CCC(C)C(=O)NC(C)(C)CS(=O)(=O)[O-].CCC(C)C(=O)OCC(=O)CC(C)=O.CCC(C)P(=O)([O-])[O-].[Na+].[Na+].[Na+].[Na+]. The number of rotatable bonds is 57. The van der Waals surface area contributed by atoms with Crippen molar-refractivity contribution in [2.45, 2.75) is 267 Å². The molecule has 0 aliphatic heterocycles. The molecule has 6 N–H and O–H groups in total. The molecule has 0 spiro atoms. The molecule has 5 amide bonds. The van der Waals surface area contributed by atoms with Crippen molar-refractivity contribution in [2.75, 3.05) is 132 Å². The zero-order valence-electron chi connectivity index (χ0n) is 85.8. The van der Waals surface area contributed by atoms with E-state index < -0.39 is 108 Å². The first kappa shape index (κ1) is 151. The molecule has 0 aromatic heterocycles. The molecule has 7 unspecified atom stereocenters. The fourth-order valence-corrected chi connectivity index (χ4v) is 12.2. The number of carbonyl (C=O) groups excluding carboxylic acids is 13. The molecule has 0 heterocycles. The van der Waals surface area contributed by atoms with Gasteiger partial charge in [0.1, 0.15) is 38.0 Å². The molecule has 0 aliphatic carbocycles. The maximum Gasteiger partial charge on any atom is 1.00 e. The van der Waals surface area contributed by atoms with E-state index >= 15 is 0 Å². The average Bonchev–Trinajstić information content (AvgIpc) is 0.783. The van der Waals surface area contributed by atoms with E-state index in [4.69, 9.17) is 38.3 Å². The minimum absolute atomic E-state index is 0. The topological polar surface area (TPSA) is 585 Å². The van der Waals surface area contributed by atoms with Crippen molar-refractivity contribution in [3.63, 3.8) is 0 Å². The number of amides is 5. The number of esters is 4. The summed E-state index contributed by atoms with van der Waals surface area (Å²) < 4.78 is 110. The molecule has 7 atom stereocenters. The van der Waals surface area contributed by atoms with Gasteiger partial charge in [-0.25, -0.2) is 21.6 Å². The summed E-state index contributed by atoms with van der Waals surface area (Å²) in [4.78, 5) is 182. The van der Waals surface area contributed by atoms with Gasteiger partial charge in [-0.2, -0.15) is 0 Å². The first-order valence-electron chi connectivity index (χ1n) is 42.9. The number of nitrogens with one attached hydrogen (secondary N) is 5. The molecule has 0 aromatic rings. The Morgan fingerprint density at radius 1 is 0.492 bits per heavy atom. The minimum Gasteiger partial charge on any atom is -0.811 e. The van der Waals surface area contributed by atoms with Crippen LogP contribution in [0.4, 0.5) is 0 Å². The molecular formula is C87H159N6Na4O32PS2. The molecule has 0 aromatic carbocycles. The van der Waals surface area contributed by atoms with Gasteiger partial charge in [0.25, 0.3) is 0 Å². The molecule has 0 aliphatic rings. The number of aliphatic carboxylic acids is 2. The number of unbranched alkanes of at least 4 members (excludes halogenated alkanes) is 1. The number of ether oxygens (including phenoxy) is 7. The number of quaternary nitrogens is 1. The number of hydrogen-bond acceptors (Lipinski definition) is 31. The molecule has 0 saturated carbocycles. The summed E-state index contributed by atoms with van der Waals surface area (Å²) in [5.41, 5.74) is -5.26. The third-order valence-corrected chi connectivity index (χ3v) is 23.7. The minimum atomic E-state index is -4.32.